The zero-order chi connectivity index (χ0) is 14.9. The van der Waals surface area contributed by atoms with Gasteiger partial charge in [0.1, 0.15) is 0 Å². The molecule has 1 heterocycles. The molecule has 0 saturated heterocycles. The number of aromatic nitrogens is 1. The maximum atomic E-state index is 11.8. The molecule has 1 N–H and O–H groups in total. The lowest BCUT2D eigenvalue weighted by Crippen LogP contribution is -2.20. The number of aryl methyl sites for hydroxylation is 1. The van der Waals surface area contributed by atoms with Crippen LogP contribution in [0.3, 0.4) is 0 Å². The van der Waals surface area contributed by atoms with Gasteiger partial charge >= 0.3 is 0 Å². The van der Waals surface area contributed by atoms with Crippen LogP contribution in [0.25, 0.3) is 10.9 Å². The van der Waals surface area contributed by atoms with Crippen LogP contribution in [0, 0.1) is 0 Å². The minimum atomic E-state index is -2.94. The van der Waals surface area contributed by atoms with Gasteiger partial charge in [-0.3, -0.25) is 0 Å². The first-order valence-corrected chi connectivity index (χ1v) is 9.42. The minimum absolute atomic E-state index is 0.207. The molecule has 3 rings (SSSR count). The van der Waals surface area contributed by atoms with E-state index in [1.807, 2.05) is 12.1 Å². The number of hydrogen-bond donors (Lipinski definition) is 1. The Morgan fingerprint density at radius 2 is 2.05 bits per heavy atom. The summed E-state index contributed by atoms with van der Waals surface area (Å²) < 4.78 is 25.7. The monoisotopic (exact) mass is 306 g/mol. The molecule has 1 aromatic carbocycles. The van der Waals surface area contributed by atoms with Gasteiger partial charge in [0.25, 0.3) is 0 Å². The lowest BCUT2D eigenvalue weighted by molar-refractivity contribution is 0.586. The molecule has 1 aromatic heterocycles. The molecule has 0 amide bonds. The van der Waals surface area contributed by atoms with Crippen molar-refractivity contribution in [3.05, 3.63) is 36.0 Å². The third-order valence-electron chi connectivity index (χ3n) is 4.11. The highest BCUT2D eigenvalue weighted by Crippen LogP contribution is 2.23. The Morgan fingerprint density at radius 1 is 1.29 bits per heavy atom. The van der Waals surface area contributed by atoms with E-state index in [9.17, 15) is 8.42 Å². The fourth-order valence-corrected chi connectivity index (χ4v) is 3.34. The van der Waals surface area contributed by atoms with Crippen LogP contribution < -0.4 is 5.32 Å². The lowest BCUT2D eigenvalue weighted by atomic mass is 10.2. The molecule has 0 aliphatic heterocycles. The van der Waals surface area contributed by atoms with Gasteiger partial charge in [-0.2, -0.15) is 0 Å². The van der Waals surface area contributed by atoms with E-state index in [1.165, 1.54) is 23.9 Å². The highest BCUT2D eigenvalue weighted by Gasteiger charge is 2.21. The van der Waals surface area contributed by atoms with E-state index in [0.29, 0.717) is 12.6 Å². The van der Waals surface area contributed by atoms with E-state index in [0.717, 1.165) is 12.1 Å². The van der Waals surface area contributed by atoms with Gasteiger partial charge in [-0.1, -0.05) is 25.1 Å². The standard InChI is InChI=1S/C16H22N2O2S/c1-2-21(19,20)10-9-18-15(12-17-14-7-8-14)11-13-5-3-4-6-16(13)18/h3-6,11,14,17H,2,7-10,12H2,1H3. The van der Waals surface area contributed by atoms with Crippen LogP contribution >= 0.6 is 0 Å². The van der Waals surface area contributed by atoms with E-state index in [1.54, 1.807) is 6.92 Å². The summed E-state index contributed by atoms with van der Waals surface area (Å²) in [7, 11) is -2.94. The summed E-state index contributed by atoms with van der Waals surface area (Å²) in [6.45, 7) is 3.05. The summed E-state index contributed by atoms with van der Waals surface area (Å²) in [6.07, 6.45) is 2.51. The Morgan fingerprint density at radius 3 is 2.76 bits per heavy atom. The molecule has 2 aromatic rings. The van der Waals surface area contributed by atoms with Crippen molar-refractivity contribution in [2.24, 2.45) is 0 Å². The second kappa shape index (κ2) is 5.81. The zero-order valence-electron chi connectivity index (χ0n) is 12.4. The van der Waals surface area contributed by atoms with Crippen LogP contribution in [-0.4, -0.2) is 30.5 Å². The molecular formula is C16H22N2O2S. The zero-order valence-corrected chi connectivity index (χ0v) is 13.2. The van der Waals surface area contributed by atoms with Gasteiger partial charge in [0.15, 0.2) is 9.84 Å². The van der Waals surface area contributed by atoms with Crippen molar-refractivity contribution < 1.29 is 8.42 Å². The molecule has 0 unspecified atom stereocenters. The van der Waals surface area contributed by atoms with E-state index >= 15 is 0 Å². The molecular weight excluding hydrogens is 284 g/mol. The molecule has 21 heavy (non-hydrogen) atoms. The number of nitrogens with one attached hydrogen (secondary N) is 1. The van der Waals surface area contributed by atoms with Crippen LogP contribution in [0.1, 0.15) is 25.5 Å². The topological polar surface area (TPSA) is 51.1 Å². The molecule has 1 fully saturated rings. The summed E-state index contributed by atoms with van der Waals surface area (Å²) in [5.41, 5.74) is 2.30. The van der Waals surface area contributed by atoms with Gasteiger partial charge in [-0.05, 0) is 30.4 Å². The number of benzene rings is 1. The minimum Gasteiger partial charge on any atom is -0.342 e. The summed E-state index contributed by atoms with van der Waals surface area (Å²) >= 11 is 0. The van der Waals surface area contributed by atoms with Gasteiger partial charge < -0.3 is 9.88 Å². The molecule has 114 valence electrons. The van der Waals surface area contributed by atoms with Gasteiger partial charge in [0.05, 0.1) is 5.75 Å². The number of fused-ring (bicyclic) bond motifs is 1. The predicted octanol–water partition coefficient (Wildman–Crippen LogP) is 2.33. The molecule has 4 nitrogen and oxygen atoms in total. The van der Waals surface area contributed by atoms with Crippen molar-refractivity contribution in [2.75, 3.05) is 11.5 Å². The number of nitrogens with zero attached hydrogens (tertiary/aromatic N) is 1. The van der Waals surface area contributed by atoms with E-state index in [-0.39, 0.29) is 11.5 Å². The number of rotatable bonds is 7. The largest absolute Gasteiger partial charge is 0.342 e. The van der Waals surface area contributed by atoms with Crippen molar-refractivity contribution >= 4 is 20.7 Å². The second-order valence-electron chi connectivity index (χ2n) is 5.74. The molecule has 0 bridgehead atoms. The van der Waals surface area contributed by atoms with Crippen LogP contribution in [0.15, 0.2) is 30.3 Å². The molecule has 0 spiro atoms. The Balaban J connectivity index is 1.86. The predicted molar refractivity (Wildman–Crippen MR) is 86.1 cm³/mol. The number of para-hydroxylation sites is 1. The Bertz CT molecular complexity index is 730. The van der Waals surface area contributed by atoms with E-state index in [4.69, 9.17) is 0 Å². The normalized spacial score (nSPS) is 15.7. The lowest BCUT2D eigenvalue weighted by Gasteiger charge is -2.11. The summed E-state index contributed by atoms with van der Waals surface area (Å²) in [4.78, 5) is 0. The molecule has 1 aliphatic rings. The highest BCUT2D eigenvalue weighted by atomic mass is 32.2. The van der Waals surface area contributed by atoms with Crippen molar-refractivity contribution in [3.63, 3.8) is 0 Å². The Labute approximate surface area is 126 Å². The highest BCUT2D eigenvalue weighted by molar-refractivity contribution is 7.91. The smallest absolute Gasteiger partial charge is 0.151 e. The van der Waals surface area contributed by atoms with Crippen molar-refractivity contribution in [1.82, 2.24) is 9.88 Å². The Hall–Kier alpha value is -1.33. The quantitative estimate of drug-likeness (QED) is 0.854. The first-order chi connectivity index (χ1) is 10.1. The Kier molecular flexibility index (Phi) is 4.04. The van der Waals surface area contributed by atoms with E-state index in [2.05, 4.69) is 28.1 Å². The van der Waals surface area contributed by atoms with Crippen molar-refractivity contribution in [3.8, 4) is 0 Å². The van der Waals surface area contributed by atoms with Gasteiger partial charge in [-0.25, -0.2) is 8.42 Å². The maximum absolute atomic E-state index is 11.8. The first-order valence-electron chi connectivity index (χ1n) is 7.60. The fourth-order valence-electron chi connectivity index (χ4n) is 2.59. The SMILES string of the molecule is CCS(=O)(=O)CCn1c(CNC2CC2)cc2ccccc21. The van der Waals surface area contributed by atoms with Crippen molar-refractivity contribution in [1.29, 1.82) is 0 Å². The van der Waals surface area contributed by atoms with E-state index < -0.39 is 9.84 Å². The van der Waals surface area contributed by atoms with Gasteiger partial charge in [0.2, 0.25) is 0 Å². The maximum Gasteiger partial charge on any atom is 0.151 e. The molecule has 0 atom stereocenters. The van der Waals surface area contributed by atoms with Crippen molar-refractivity contribution in [2.45, 2.75) is 38.9 Å². The average Bonchev–Trinajstić information content (AvgIpc) is 3.24. The average molecular weight is 306 g/mol. The molecule has 5 heteroatoms. The number of sulfone groups is 1. The van der Waals surface area contributed by atoms with Crippen LogP contribution in [0.5, 0.6) is 0 Å². The fraction of sp³-hybridized carbons (Fsp3) is 0.500. The van der Waals surface area contributed by atoms with Gasteiger partial charge in [-0.15, -0.1) is 0 Å². The van der Waals surface area contributed by atoms with Crippen LogP contribution in [0.4, 0.5) is 0 Å². The van der Waals surface area contributed by atoms with Gasteiger partial charge in [0, 0.05) is 36.1 Å². The summed E-state index contributed by atoms with van der Waals surface area (Å²) in [5, 5.41) is 4.69. The molecule has 0 radical (unpaired) electrons. The summed E-state index contributed by atoms with van der Waals surface area (Å²) in [6, 6.07) is 11.0. The van der Waals surface area contributed by atoms with Crippen LogP contribution in [-0.2, 0) is 22.9 Å². The second-order valence-corrected chi connectivity index (χ2v) is 8.21. The van der Waals surface area contributed by atoms with Crippen LogP contribution in [0.2, 0.25) is 0 Å². The number of hydrogen-bond acceptors (Lipinski definition) is 3. The third kappa shape index (κ3) is 3.47. The molecule has 1 aliphatic carbocycles. The third-order valence-corrected chi connectivity index (χ3v) is 5.80. The first kappa shape index (κ1) is 14.6. The summed E-state index contributed by atoms with van der Waals surface area (Å²) in [5.74, 6) is 0.417. The molecule has 1 saturated carbocycles.